The predicted molar refractivity (Wildman–Crippen MR) is 133 cm³/mol. The van der Waals surface area contributed by atoms with Crippen LogP contribution >= 0.6 is 0 Å². The van der Waals surface area contributed by atoms with Crippen LogP contribution in [0.15, 0.2) is 65.6 Å². The summed E-state index contributed by atoms with van der Waals surface area (Å²) in [7, 11) is -3.62. The van der Waals surface area contributed by atoms with Crippen molar-refractivity contribution in [3.63, 3.8) is 0 Å². The zero-order valence-electron chi connectivity index (χ0n) is 19.8. The van der Waals surface area contributed by atoms with Crippen LogP contribution in [0.25, 0.3) is 6.08 Å². The number of benzene rings is 2. The van der Waals surface area contributed by atoms with E-state index in [1.165, 1.54) is 22.0 Å². The van der Waals surface area contributed by atoms with Crippen LogP contribution in [0.2, 0.25) is 0 Å². The minimum absolute atomic E-state index is 0.0583. The Morgan fingerprint density at radius 1 is 0.941 bits per heavy atom. The Morgan fingerprint density at radius 2 is 1.56 bits per heavy atom. The molecule has 0 unspecified atom stereocenters. The number of morpholine rings is 1. The minimum atomic E-state index is -3.62. The third kappa shape index (κ3) is 5.93. The number of hydrogen-bond acceptors (Lipinski definition) is 5. The molecule has 0 spiro atoms. The second-order valence-corrected chi connectivity index (χ2v) is 10.9. The fourth-order valence-corrected chi connectivity index (χ4v) is 6.05. The quantitative estimate of drug-likeness (QED) is 0.632. The predicted octanol–water partition coefficient (Wildman–Crippen LogP) is 2.96. The van der Waals surface area contributed by atoms with E-state index in [1.54, 1.807) is 12.1 Å². The van der Waals surface area contributed by atoms with E-state index in [2.05, 4.69) is 29.2 Å². The molecule has 2 atom stereocenters. The van der Waals surface area contributed by atoms with Gasteiger partial charge in [0, 0.05) is 51.4 Å². The number of piperazine rings is 1. The maximum Gasteiger partial charge on any atom is 0.253 e. The van der Waals surface area contributed by atoms with Gasteiger partial charge in [-0.2, -0.15) is 4.31 Å². The highest BCUT2D eigenvalue weighted by molar-refractivity contribution is 7.89. The molecule has 0 bridgehead atoms. The molecule has 0 aromatic heterocycles. The first-order chi connectivity index (χ1) is 16.3. The molecule has 0 N–H and O–H groups in total. The standard InChI is InChI=1S/C26H33N3O4S/c1-21-19-29(20-22(2)33-21)34(31,32)25-12-10-24(11-13-25)26(30)28-17-15-27(16-18-28)14-6-9-23-7-4-3-5-8-23/h3-13,21-22H,14-20H2,1-2H3/b9-6+/t21-,22-/m0/s1. The third-order valence-electron chi connectivity index (χ3n) is 6.26. The maximum absolute atomic E-state index is 13.0. The van der Waals surface area contributed by atoms with E-state index >= 15 is 0 Å². The van der Waals surface area contributed by atoms with Gasteiger partial charge in [-0.1, -0.05) is 42.5 Å². The average Bonchev–Trinajstić information content (AvgIpc) is 2.84. The van der Waals surface area contributed by atoms with Crippen LogP contribution in [0.5, 0.6) is 0 Å². The summed E-state index contributed by atoms with van der Waals surface area (Å²) in [5.41, 5.74) is 1.69. The summed E-state index contributed by atoms with van der Waals surface area (Å²) in [6.07, 6.45) is 3.98. The van der Waals surface area contributed by atoms with Crippen molar-refractivity contribution in [2.24, 2.45) is 0 Å². The first kappa shape index (κ1) is 24.6. The van der Waals surface area contributed by atoms with Crippen molar-refractivity contribution in [2.75, 3.05) is 45.8 Å². The van der Waals surface area contributed by atoms with Crippen LogP contribution in [-0.2, 0) is 14.8 Å². The number of ether oxygens (including phenoxy) is 1. The van der Waals surface area contributed by atoms with Crippen LogP contribution in [-0.4, -0.2) is 86.5 Å². The zero-order valence-corrected chi connectivity index (χ0v) is 20.7. The van der Waals surface area contributed by atoms with Crippen molar-refractivity contribution in [3.05, 3.63) is 71.8 Å². The molecular weight excluding hydrogens is 450 g/mol. The van der Waals surface area contributed by atoms with E-state index in [9.17, 15) is 13.2 Å². The largest absolute Gasteiger partial charge is 0.373 e. The monoisotopic (exact) mass is 483 g/mol. The highest BCUT2D eigenvalue weighted by atomic mass is 32.2. The van der Waals surface area contributed by atoms with Crippen molar-refractivity contribution in [1.82, 2.24) is 14.1 Å². The summed E-state index contributed by atoms with van der Waals surface area (Å²) < 4.78 is 33.2. The van der Waals surface area contributed by atoms with E-state index in [0.717, 1.165) is 19.6 Å². The van der Waals surface area contributed by atoms with Gasteiger partial charge in [-0.15, -0.1) is 0 Å². The molecule has 0 saturated carbocycles. The molecule has 2 fully saturated rings. The smallest absolute Gasteiger partial charge is 0.253 e. The summed E-state index contributed by atoms with van der Waals surface area (Å²) in [6.45, 7) is 8.19. The highest BCUT2D eigenvalue weighted by Gasteiger charge is 2.32. The molecule has 2 aliphatic rings. The van der Waals surface area contributed by atoms with Crippen molar-refractivity contribution in [2.45, 2.75) is 31.0 Å². The molecule has 2 aromatic carbocycles. The van der Waals surface area contributed by atoms with Gasteiger partial charge < -0.3 is 9.64 Å². The molecule has 8 heteroatoms. The second-order valence-electron chi connectivity index (χ2n) is 9.01. The molecule has 7 nitrogen and oxygen atoms in total. The summed E-state index contributed by atoms with van der Waals surface area (Å²) in [6, 6.07) is 16.5. The van der Waals surface area contributed by atoms with Crippen molar-refractivity contribution >= 4 is 22.0 Å². The topological polar surface area (TPSA) is 70.2 Å². The SMILES string of the molecule is C[C@H]1CN(S(=O)(=O)c2ccc(C(=O)N3CCN(C/C=C/c4ccccc4)CC3)cc2)C[C@H](C)O1. The molecule has 2 aromatic rings. The van der Waals surface area contributed by atoms with E-state index in [0.29, 0.717) is 31.7 Å². The molecule has 2 saturated heterocycles. The number of nitrogens with zero attached hydrogens (tertiary/aromatic N) is 3. The van der Waals surface area contributed by atoms with Gasteiger partial charge in [-0.25, -0.2) is 8.42 Å². The van der Waals surface area contributed by atoms with Gasteiger partial charge in [0.1, 0.15) is 0 Å². The molecule has 4 rings (SSSR count). The average molecular weight is 484 g/mol. The molecule has 34 heavy (non-hydrogen) atoms. The number of rotatable bonds is 6. The van der Waals surface area contributed by atoms with Gasteiger partial charge >= 0.3 is 0 Å². The number of carbonyl (C=O) groups excluding carboxylic acids is 1. The molecule has 182 valence electrons. The second kappa shape index (κ2) is 10.8. The molecule has 2 heterocycles. The number of hydrogen-bond donors (Lipinski definition) is 0. The molecule has 0 aliphatic carbocycles. The number of carbonyl (C=O) groups is 1. The van der Waals surface area contributed by atoms with Crippen molar-refractivity contribution in [3.8, 4) is 0 Å². The fraction of sp³-hybridized carbons (Fsp3) is 0.423. The zero-order chi connectivity index (χ0) is 24.1. The summed E-state index contributed by atoms with van der Waals surface area (Å²) in [5, 5.41) is 0. The van der Waals surface area contributed by atoms with Crippen LogP contribution < -0.4 is 0 Å². The Kier molecular flexibility index (Phi) is 7.83. The fourth-order valence-electron chi connectivity index (χ4n) is 4.46. The summed E-state index contributed by atoms with van der Waals surface area (Å²) >= 11 is 0. The number of sulfonamides is 1. The highest BCUT2D eigenvalue weighted by Crippen LogP contribution is 2.22. The number of amides is 1. The lowest BCUT2D eigenvalue weighted by Gasteiger charge is -2.34. The lowest BCUT2D eigenvalue weighted by atomic mass is 10.2. The Morgan fingerprint density at radius 3 is 2.18 bits per heavy atom. The van der Waals surface area contributed by atoms with Crippen LogP contribution in [0.3, 0.4) is 0 Å². The van der Waals surface area contributed by atoms with Crippen molar-refractivity contribution < 1.29 is 17.9 Å². The normalized spacial score (nSPS) is 22.8. The lowest BCUT2D eigenvalue weighted by Crippen LogP contribution is -2.48. The maximum atomic E-state index is 13.0. The van der Waals surface area contributed by atoms with Crippen LogP contribution in [0.1, 0.15) is 29.8 Å². The van der Waals surface area contributed by atoms with E-state index < -0.39 is 10.0 Å². The van der Waals surface area contributed by atoms with Gasteiger partial charge in [0.05, 0.1) is 17.1 Å². The van der Waals surface area contributed by atoms with Crippen molar-refractivity contribution in [1.29, 1.82) is 0 Å². The Hall–Kier alpha value is -2.52. The Labute approximate surface area is 202 Å². The molecular formula is C26H33N3O4S. The third-order valence-corrected chi connectivity index (χ3v) is 8.10. The summed E-state index contributed by atoms with van der Waals surface area (Å²) in [4.78, 5) is 17.3. The van der Waals surface area contributed by atoms with E-state index in [-0.39, 0.29) is 23.0 Å². The first-order valence-corrected chi connectivity index (χ1v) is 13.3. The van der Waals surface area contributed by atoms with Gasteiger partial charge in [0.15, 0.2) is 0 Å². The first-order valence-electron chi connectivity index (χ1n) is 11.8. The van der Waals surface area contributed by atoms with Gasteiger partial charge in [0.2, 0.25) is 10.0 Å². The Balaban J connectivity index is 1.31. The van der Waals surface area contributed by atoms with Crippen LogP contribution in [0, 0.1) is 0 Å². The molecule has 2 aliphatic heterocycles. The minimum Gasteiger partial charge on any atom is -0.373 e. The van der Waals surface area contributed by atoms with E-state index in [1.807, 2.05) is 36.9 Å². The van der Waals surface area contributed by atoms with Gasteiger partial charge in [-0.05, 0) is 43.7 Å². The van der Waals surface area contributed by atoms with Gasteiger partial charge in [-0.3, -0.25) is 9.69 Å². The van der Waals surface area contributed by atoms with E-state index in [4.69, 9.17) is 4.74 Å². The lowest BCUT2D eigenvalue weighted by molar-refractivity contribution is -0.0440. The Bertz CT molecular complexity index is 1080. The molecule has 1 amide bonds. The summed E-state index contributed by atoms with van der Waals surface area (Å²) in [5.74, 6) is -0.0583. The van der Waals surface area contributed by atoms with Gasteiger partial charge in [0.25, 0.3) is 5.91 Å². The van der Waals surface area contributed by atoms with Crippen LogP contribution in [0.4, 0.5) is 0 Å². The molecule has 0 radical (unpaired) electrons.